The molecule has 20 heavy (non-hydrogen) atoms. The van der Waals surface area contributed by atoms with Crippen molar-refractivity contribution < 1.29 is 13.2 Å². The quantitative estimate of drug-likeness (QED) is 0.867. The second kappa shape index (κ2) is 6.05. The van der Waals surface area contributed by atoms with Gasteiger partial charge in [-0.15, -0.1) is 0 Å². The van der Waals surface area contributed by atoms with Crippen LogP contribution in [0.25, 0.3) is 0 Å². The summed E-state index contributed by atoms with van der Waals surface area (Å²) < 4.78 is 40.4. The number of aryl methyl sites for hydroxylation is 1. The van der Waals surface area contributed by atoms with Crippen LogP contribution >= 0.6 is 0 Å². The van der Waals surface area contributed by atoms with E-state index in [1.54, 1.807) is 12.3 Å². The van der Waals surface area contributed by atoms with Gasteiger partial charge in [0, 0.05) is 11.8 Å². The van der Waals surface area contributed by atoms with E-state index in [1.165, 1.54) is 6.07 Å². The predicted octanol–water partition coefficient (Wildman–Crippen LogP) is 3.51. The van der Waals surface area contributed by atoms with E-state index in [2.05, 4.69) is 10.3 Å². The van der Waals surface area contributed by atoms with Crippen molar-refractivity contribution in [3.63, 3.8) is 0 Å². The first kappa shape index (κ1) is 14.5. The van der Waals surface area contributed by atoms with Crippen LogP contribution in [0, 0.1) is 24.4 Å². The first-order chi connectivity index (χ1) is 9.54. The topological polar surface area (TPSA) is 24.9 Å². The average molecular weight is 280 g/mol. The molecule has 1 atom stereocenters. The molecule has 2 rings (SSSR count). The van der Waals surface area contributed by atoms with Crippen molar-refractivity contribution in [1.82, 2.24) is 10.3 Å². The van der Waals surface area contributed by atoms with Gasteiger partial charge in [0.25, 0.3) is 0 Å². The molecule has 0 spiro atoms. The molecule has 2 nitrogen and oxygen atoms in total. The lowest BCUT2D eigenvalue weighted by Crippen LogP contribution is -2.24. The Morgan fingerprint density at radius 2 is 1.90 bits per heavy atom. The van der Waals surface area contributed by atoms with Crippen molar-refractivity contribution >= 4 is 0 Å². The fraction of sp³-hybridized carbons (Fsp3) is 0.267. The van der Waals surface area contributed by atoms with Crippen LogP contribution in [-0.2, 0) is 0 Å². The monoisotopic (exact) mass is 280 g/mol. The summed E-state index contributed by atoms with van der Waals surface area (Å²) in [4.78, 5) is 4.18. The van der Waals surface area contributed by atoms with E-state index >= 15 is 0 Å². The Morgan fingerprint density at radius 3 is 2.55 bits per heavy atom. The number of aromatic nitrogens is 1. The van der Waals surface area contributed by atoms with Crippen LogP contribution in [0.1, 0.15) is 29.8 Å². The highest BCUT2D eigenvalue weighted by Crippen LogP contribution is 2.26. The summed E-state index contributed by atoms with van der Waals surface area (Å²) >= 11 is 0. The Bertz CT molecular complexity index is 614. The maximum atomic E-state index is 13.9. The van der Waals surface area contributed by atoms with Crippen molar-refractivity contribution in [2.75, 3.05) is 6.54 Å². The van der Waals surface area contributed by atoms with E-state index in [4.69, 9.17) is 0 Å². The number of nitrogens with one attached hydrogen (secondary N) is 1. The molecule has 1 aromatic heterocycles. The Hall–Kier alpha value is -1.88. The molecule has 0 bridgehead atoms. The number of hydrogen-bond acceptors (Lipinski definition) is 2. The van der Waals surface area contributed by atoms with E-state index < -0.39 is 23.5 Å². The zero-order chi connectivity index (χ0) is 14.7. The smallest absolute Gasteiger partial charge is 0.194 e. The summed E-state index contributed by atoms with van der Waals surface area (Å²) in [7, 11) is 0. The fourth-order valence-electron chi connectivity index (χ4n) is 2.06. The minimum atomic E-state index is -1.46. The lowest BCUT2D eigenvalue weighted by atomic mass is 10.0. The van der Waals surface area contributed by atoms with E-state index in [0.717, 1.165) is 11.6 Å². The summed E-state index contributed by atoms with van der Waals surface area (Å²) in [6.07, 6.45) is 1.60. The maximum absolute atomic E-state index is 13.9. The molecule has 1 unspecified atom stereocenters. The Balaban J connectivity index is 2.51. The highest BCUT2D eigenvalue weighted by Gasteiger charge is 2.22. The van der Waals surface area contributed by atoms with Crippen molar-refractivity contribution in [2.45, 2.75) is 19.9 Å². The molecule has 1 aromatic carbocycles. The van der Waals surface area contributed by atoms with Crippen molar-refractivity contribution in [1.29, 1.82) is 0 Å². The second-order valence-corrected chi connectivity index (χ2v) is 4.51. The molecule has 0 fully saturated rings. The number of pyridine rings is 1. The van der Waals surface area contributed by atoms with Crippen molar-refractivity contribution in [3.8, 4) is 0 Å². The lowest BCUT2D eigenvalue weighted by Gasteiger charge is -2.19. The first-order valence-corrected chi connectivity index (χ1v) is 6.34. The molecule has 0 amide bonds. The van der Waals surface area contributed by atoms with Gasteiger partial charge in [-0.1, -0.05) is 13.0 Å². The van der Waals surface area contributed by atoms with Gasteiger partial charge in [0.15, 0.2) is 17.5 Å². The molecule has 0 radical (unpaired) electrons. The van der Waals surface area contributed by atoms with Crippen LogP contribution in [0.3, 0.4) is 0 Å². The third-order valence-electron chi connectivity index (χ3n) is 3.02. The van der Waals surface area contributed by atoms with Crippen LogP contribution < -0.4 is 5.32 Å². The zero-order valence-corrected chi connectivity index (χ0v) is 11.3. The molecule has 0 saturated heterocycles. The van der Waals surface area contributed by atoms with E-state index in [0.29, 0.717) is 12.2 Å². The largest absolute Gasteiger partial charge is 0.305 e. The number of halogens is 3. The summed E-state index contributed by atoms with van der Waals surface area (Å²) in [6, 6.07) is 5.15. The van der Waals surface area contributed by atoms with Gasteiger partial charge >= 0.3 is 0 Å². The molecule has 0 aliphatic carbocycles. The normalized spacial score (nSPS) is 12.4. The molecular formula is C15H15F3N2. The highest BCUT2D eigenvalue weighted by atomic mass is 19.2. The summed E-state index contributed by atoms with van der Waals surface area (Å²) in [5, 5.41) is 3.04. The number of benzene rings is 1. The van der Waals surface area contributed by atoms with Gasteiger partial charge in [-0.05, 0) is 37.2 Å². The number of rotatable bonds is 4. The molecule has 0 aliphatic rings. The van der Waals surface area contributed by atoms with Crippen LogP contribution in [0.2, 0.25) is 0 Å². The van der Waals surface area contributed by atoms with Crippen LogP contribution in [-0.4, -0.2) is 11.5 Å². The fourth-order valence-corrected chi connectivity index (χ4v) is 2.06. The molecular weight excluding hydrogens is 265 g/mol. The molecule has 106 valence electrons. The van der Waals surface area contributed by atoms with Gasteiger partial charge in [-0.3, -0.25) is 4.98 Å². The standard InChI is InChI=1S/C15H15F3N2/c1-3-19-15(12-8-9(2)6-7-20-12)10-4-5-11(16)14(18)13(10)17/h4-8,15,19H,3H2,1-2H3. The molecule has 0 aliphatic heterocycles. The first-order valence-electron chi connectivity index (χ1n) is 6.34. The minimum absolute atomic E-state index is 0.0452. The molecule has 0 saturated carbocycles. The SMILES string of the molecule is CCNC(c1cc(C)ccn1)c1ccc(F)c(F)c1F. The van der Waals surface area contributed by atoms with E-state index in [1.807, 2.05) is 19.9 Å². The number of hydrogen-bond donors (Lipinski definition) is 1. The van der Waals surface area contributed by atoms with Crippen LogP contribution in [0.5, 0.6) is 0 Å². The lowest BCUT2D eigenvalue weighted by molar-refractivity contribution is 0.432. The maximum Gasteiger partial charge on any atom is 0.194 e. The Morgan fingerprint density at radius 1 is 1.15 bits per heavy atom. The van der Waals surface area contributed by atoms with Crippen LogP contribution in [0.15, 0.2) is 30.5 Å². The van der Waals surface area contributed by atoms with Crippen molar-refractivity contribution in [3.05, 3.63) is 64.7 Å². The van der Waals surface area contributed by atoms with E-state index in [9.17, 15) is 13.2 Å². The highest BCUT2D eigenvalue weighted by molar-refractivity contribution is 5.31. The molecule has 2 aromatic rings. The van der Waals surface area contributed by atoms with Crippen LogP contribution in [0.4, 0.5) is 13.2 Å². The molecule has 1 N–H and O–H groups in total. The van der Waals surface area contributed by atoms with Gasteiger partial charge in [-0.2, -0.15) is 0 Å². The summed E-state index contributed by atoms with van der Waals surface area (Å²) in [6.45, 7) is 4.27. The average Bonchev–Trinajstić information content (AvgIpc) is 2.43. The van der Waals surface area contributed by atoms with Gasteiger partial charge in [0.05, 0.1) is 11.7 Å². The zero-order valence-electron chi connectivity index (χ0n) is 11.3. The third kappa shape index (κ3) is 2.82. The van der Waals surface area contributed by atoms with Gasteiger partial charge < -0.3 is 5.32 Å². The Kier molecular flexibility index (Phi) is 4.39. The minimum Gasteiger partial charge on any atom is -0.305 e. The third-order valence-corrected chi connectivity index (χ3v) is 3.02. The summed E-state index contributed by atoms with van der Waals surface area (Å²) in [5.41, 5.74) is 1.57. The van der Waals surface area contributed by atoms with Gasteiger partial charge in [0.1, 0.15) is 0 Å². The second-order valence-electron chi connectivity index (χ2n) is 4.51. The van der Waals surface area contributed by atoms with E-state index in [-0.39, 0.29) is 5.56 Å². The Labute approximate surface area is 115 Å². The van der Waals surface area contributed by atoms with Gasteiger partial charge in [0.2, 0.25) is 0 Å². The van der Waals surface area contributed by atoms with Gasteiger partial charge in [-0.25, -0.2) is 13.2 Å². The predicted molar refractivity (Wildman–Crippen MR) is 70.8 cm³/mol. The van der Waals surface area contributed by atoms with Crippen molar-refractivity contribution in [2.24, 2.45) is 0 Å². The molecule has 5 heteroatoms. The summed E-state index contributed by atoms with van der Waals surface area (Å²) in [5.74, 6) is -3.84. The number of nitrogens with zero attached hydrogens (tertiary/aromatic N) is 1. The molecule has 1 heterocycles.